The van der Waals surface area contributed by atoms with E-state index in [0.717, 1.165) is 0 Å². The van der Waals surface area contributed by atoms with Gasteiger partial charge in [0.05, 0.1) is 5.56 Å². The van der Waals surface area contributed by atoms with Crippen LogP contribution >= 0.6 is 11.8 Å². The van der Waals surface area contributed by atoms with Gasteiger partial charge in [-0.25, -0.2) is 9.59 Å². The number of thioether (sulfide) groups is 1. The van der Waals surface area contributed by atoms with Gasteiger partial charge in [0.25, 0.3) is 11.8 Å². The van der Waals surface area contributed by atoms with Gasteiger partial charge in [-0.3, -0.25) is 19.7 Å². The fourth-order valence-electron chi connectivity index (χ4n) is 2.86. The van der Waals surface area contributed by atoms with Crippen LogP contribution in [0.25, 0.3) is 0 Å². The van der Waals surface area contributed by atoms with Gasteiger partial charge < -0.3 is 15.4 Å². The number of rotatable bonds is 8. The molecule has 0 saturated carbocycles. The Hall–Kier alpha value is -3.66. The van der Waals surface area contributed by atoms with Crippen molar-refractivity contribution in [2.75, 3.05) is 17.7 Å². The van der Waals surface area contributed by atoms with Crippen molar-refractivity contribution < 1.29 is 28.7 Å². The zero-order chi connectivity index (χ0) is 23.3. The molecule has 2 aromatic carbocycles. The van der Waals surface area contributed by atoms with E-state index in [0.29, 0.717) is 16.1 Å². The number of amides is 4. The molecule has 1 saturated heterocycles. The highest BCUT2D eigenvalue weighted by atomic mass is 32.2. The maximum Gasteiger partial charge on any atom is 0.339 e. The third-order valence-corrected chi connectivity index (χ3v) is 6.04. The van der Waals surface area contributed by atoms with Gasteiger partial charge in [-0.15, -0.1) is 11.8 Å². The average molecular weight is 455 g/mol. The summed E-state index contributed by atoms with van der Waals surface area (Å²) in [7, 11) is 0. The Labute approximate surface area is 188 Å². The van der Waals surface area contributed by atoms with Crippen LogP contribution in [0.4, 0.5) is 10.5 Å². The van der Waals surface area contributed by atoms with Crippen LogP contribution in [-0.4, -0.2) is 47.5 Å². The second-order valence-corrected chi connectivity index (χ2v) is 8.30. The van der Waals surface area contributed by atoms with Crippen LogP contribution in [0.3, 0.4) is 0 Å². The third kappa shape index (κ3) is 5.52. The lowest BCUT2D eigenvalue weighted by molar-refractivity contribution is -0.122. The summed E-state index contributed by atoms with van der Waals surface area (Å²) in [6, 6.07) is 12.4. The SMILES string of the molecule is CC(=O)c1ccc(NC(=O)COC(=O)c2ccccc2SC[C@]2(C)NC(=O)NC2=O)cc1. The predicted molar refractivity (Wildman–Crippen MR) is 118 cm³/mol. The number of Topliss-reactive ketones (excluding diaryl/α,β-unsaturated/α-hetero) is 1. The molecule has 1 heterocycles. The number of ketones is 1. The minimum Gasteiger partial charge on any atom is -0.452 e. The normalized spacial score (nSPS) is 17.3. The largest absolute Gasteiger partial charge is 0.452 e. The topological polar surface area (TPSA) is 131 Å². The summed E-state index contributed by atoms with van der Waals surface area (Å²) >= 11 is 1.21. The van der Waals surface area contributed by atoms with E-state index in [2.05, 4.69) is 16.0 Å². The number of carbonyl (C=O) groups excluding carboxylic acids is 5. The van der Waals surface area contributed by atoms with Gasteiger partial charge in [0.1, 0.15) is 5.54 Å². The smallest absolute Gasteiger partial charge is 0.339 e. The molecular formula is C22H21N3O6S. The molecule has 166 valence electrons. The molecule has 1 aliphatic rings. The molecule has 1 fully saturated rings. The fraction of sp³-hybridized carbons (Fsp3) is 0.227. The molecule has 3 N–H and O–H groups in total. The minimum absolute atomic E-state index is 0.0849. The van der Waals surface area contributed by atoms with Gasteiger partial charge in [-0.05, 0) is 50.2 Å². The summed E-state index contributed by atoms with van der Waals surface area (Å²) in [5.41, 5.74) is 0.130. The van der Waals surface area contributed by atoms with Crippen molar-refractivity contribution in [2.45, 2.75) is 24.3 Å². The zero-order valence-corrected chi connectivity index (χ0v) is 18.2. The molecule has 0 unspecified atom stereocenters. The lowest BCUT2D eigenvalue weighted by atomic mass is 10.1. The number of benzene rings is 2. The third-order valence-electron chi connectivity index (χ3n) is 4.65. The molecule has 2 aromatic rings. The van der Waals surface area contributed by atoms with Gasteiger partial charge >= 0.3 is 12.0 Å². The van der Waals surface area contributed by atoms with Crippen molar-refractivity contribution in [3.63, 3.8) is 0 Å². The molecule has 32 heavy (non-hydrogen) atoms. The number of carbonyl (C=O) groups is 5. The second kappa shape index (κ2) is 9.65. The second-order valence-electron chi connectivity index (χ2n) is 7.28. The average Bonchev–Trinajstić information content (AvgIpc) is 3.02. The van der Waals surface area contributed by atoms with E-state index in [1.807, 2.05) is 0 Å². The van der Waals surface area contributed by atoms with E-state index in [4.69, 9.17) is 4.74 Å². The van der Waals surface area contributed by atoms with Gasteiger partial charge in [-0.1, -0.05) is 12.1 Å². The summed E-state index contributed by atoms with van der Waals surface area (Å²) in [6.07, 6.45) is 0. The number of nitrogens with one attached hydrogen (secondary N) is 3. The van der Waals surface area contributed by atoms with Gasteiger partial charge in [0, 0.05) is 21.9 Å². The van der Waals surface area contributed by atoms with Crippen molar-refractivity contribution in [3.8, 4) is 0 Å². The van der Waals surface area contributed by atoms with Gasteiger partial charge in [0.15, 0.2) is 12.4 Å². The first-order valence-electron chi connectivity index (χ1n) is 9.61. The maximum absolute atomic E-state index is 12.5. The van der Waals surface area contributed by atoms with Gasteiger partial charge in [0.2, 0.25) is 0 Å². The Morgan fingerprint density at radius 3 is 2.38 bits per heavy atom. The van der Waals surface area contributed by atoms with E-state index < -0.39 is 36.0 Å². The summed E-state index contributed by atoms with van der Waals surface area (Å²) in [5, 5.41) is 7.34. The van der Waals surface area contributed by atoms with Crippen LogP contribution in [0, 0.1) is 0 Å². The number of esters is 1. The number of imide groups is 1. The number of hydrogen-bond acceptors (Lipinski definition) is 7. The van der Waals surface area contributed by atoms with Crippen molar-refractivity contribution in [2.24, 2.45) is 0 Å². The molecule has 0 aromatic heterocycles. The molecule has 1 atom stereocenters. The molecule has 1 aliphatic heterocycles. The quantitative estimate of drug-likeness (QED) is 0.241. The first kappa shape index (κ1) is 23.0. The summed E-state index contributed by atoms with van der Waals surface area (Å²) in [4.78, 5) is 59.9. The molecule has 9 nitrogen and oxygen atoms in total. The Morgan fingerprint density at radius 2 is 1.75 bits per heavy atom. The number of anilines is 1. The highest BCUT2D eigenvalue weighted by Gasteiger charge is 2.42. The highest BCUT2D eigenvalue weighted by Crippen LogP contribution is 2.28. The molecule has 4 amide bonds. The number of hydrogen-bond donors (Lipinski definition) is 3. The Morgan fingerprint density at radius 1 is 1.06 bits per heavy atom. The predicted octanol–water partition coefficient (Wildman–Crippen LogP) is 2.37. The molecule has 0 bridgehead atoms. The van der Waals surface area contributed by atoms with Crippen LogP contribution < -0.4 is 16.0 Å². The van der Waals surface area contributed by atoms with Crippen LogP contribution in [-0.2, 0) is 14.3 Å². The fourth-order valence-corrected chi connectivity index (χ4v) is 3.99. The maximum atomic E-state index is 12.5. The zero-order valence-electron chi connectivity index (χ0n) is 17.4. The van der Waals surface area contributed by atoms with Crippen LogP contribution in [0.15, 0.2) is 53.4 Å². The van der Waals surface area contributed by atoms with Crippen molar-refractivity contribution >= 4 is 47.0 Å². The van der Waals surface area contributed by atoms with Gasteiger partial charge in [-0.2, -0.15) is 0 Å². The first-order valence-corrected chi connectivity index (χ1v) is 10.6. The molecular weight excluding hydrogens is 434 g/mol. The van der Waals surface area contributed by atoms with E-state index in [-0.39, 0.29) is 17.1 Å². The number of urea groups is 1. The Bertz CT molecular complexity index is 1090. The van der Waals surface area contributed by atoms with E-state index in [9.17, 15) is 24.0 Å². The lowest BCUT2D eigenvalue weighted by Gasteiger charge is -2.20. The summed E-state index contributed by atoms with van der Waals surface area (Å²) in [5.74, 6) is -1.55. The summed E-state index contributed by atoms with van der Waals surface area (Å²) in [6.45, 7) is 2.54. The van der Waals surface area contributed by atoms with Crippen LogP contribution in [0.1, 0.15) is 34.6 Å². The van der Waals surface area contributed by atoms with E-state index >= 15 is 0 Å². The molecule has 0 aliphatic carbocycles. The van der Waals surface area contributed by atoms with Crippen molar-refractivity contribution in [1.29, 1.82) is 0 Å². The summed E-state index contributed by atoms with van der Waals surface area (Å²) < 4.78 is 5.13. The van der Waals surface area contributed by atoms with Crippen LogP contribution in [0.5, 0.6) is 0 Å². The van der Waals surface area contributed by atoms with E-state index in [1.54, 1.807) is 55.5 Å². The van der Waals surface area contributed by atoms with Crippen molar-refractivity contribution in [3.05, 3.63) is 59.7 Å². The Kier molecular flexibility index (Phi) is 6.94. The highest BCUT2D eigenvalue weighted by molar-refractivity contribution is 7.99. The minimum atomic E-state index is -1.10. The van der Waals surface area contributed by atoms with Crippen LogP contribution in [0.2, 0.25) is 0 Å². The molecule has 0 radical (unpaired) electrons. The standard InChI is InChI=1S/C22H21N3O6S/c1-13(26)14-7-9-15(10-8-14)23-18(27)11-31-19(28)16-5-3-4-6-17(16)32-12-22(2)20(29)24-21(30)25-22/h3-10H,11-12H2,1-2H3,(H,23,27)(H2,24,25,29,30)/t22-/m0/s1. The molecule has 3 rings (SSSR count). The molecule has 10 heteroatoms. The number of ether oxygens (including phenoxy) is 1. The van der Waals surface area contributed by atoms with E-state index in [1.165, 1.54) is 18.7 Å². The van der Waals surface area contributed by atoms with Crippen molar-refractivity contribution in [1.82, 2.24) is 10.6 Å². The lowest BCUT2D eigenvalue weighted by Crippen LogP contribution is -2.46. The Balaban J connectivity index is 1.57. The molecule has 0 spiro atoms. The monoisotopic (exact) mass is 455 g/mol. The first-order chi connectivity index (χ1) is 15.2.